The fourth-order valence-corrected chi connectivity index (χ4v) is 1.04. The van der Waals surface area contributed by atoms with Gasteiger partial charge in [-0.05, 0) is 5.92 Å². The summed E-state index contributed by atoms with van der Waals surface area (Å²) in [7, 11) is 0. The van der Waals surface area contributed by atoms with E-state index in [1.807, 2.05) is 13.8 Å². The van der Waals surface area contributed by atoms with E-state index in [0.29, 0.717) is 12.5 Å². The van der Waals surface area contributed by atoms with Gasteiger partial charge in [-0.3, -0.25) is 15.0 Å². The number of hydrogen-bond acceptors (Lipinski definition) is 3. The Morgan fingerprint density at radius 1 is 1.69 bits per heavy atom. The zero-order valence-electron chi connectivity index (χ0n) is 7.89. The van der Waals surface area contributed by atoms with Crippen molar-refractivity contribution in [3.8, 4) is 0 Å². The lowest BCUT2D eigenvalue weighted by Gasteiger charge is -2.11. The summed E-state index contributed by atoms with van der Waals surface area (Å²) in [5.74, 6) is 0.172. The molecule has 0 aliphatic carbocycles. The van der Waals surface area contributed by atoms with Gasteiger partial charge >= 0.3 is 0 Å². The molecule has 0 aromatic heterocycles. The first kappa shape index (κ1) is 9.98. The lowest BCUT2D eigenvalue weighted by molar-refractivity contribution is -0.124. The van der Waals surface area contributed by atoms with Gasteiger partial charge in [0.2, 0.25) is 11.8 Å². The van der Waals surface area contributed by atoms with Crippen LogP contribution in [0.25, 0.3) is 0 Å². The van der Waals surface area contributed by atoms with E-state index >= 15 is 0 Å². The number of amides is 2. The van der Waals surface area contributed by atoms with Crippen molar-refractivity contribution >= 4 is 11.8 Å². The average molecular weight is 185 g/mol. The molecule has 13 heavy (non-hydrogen) atoms. The maximum atomic E-state index is 11.3. The first-order valence-corrected chi connectivity index (χ1v) is 4.41. The van der Waals surface area contributed by atoms with Crippen LogP contribution < -0.4 is 16.2 Å². The normalized spacial score (nSPS) is 21.8. The first-order chi connectivity index (χ1) is 6.09. The Bertz CT molecular complexity index is 215. The van der Waals surface area contributed by atoms with E-state index in [1.54, 1.807) is 0 Å². The second kappa shape index (κ2) is 4.23. The zero-order chi connectivity index (χ0) is 9.84. The molecular formula is C8H15N3O2. The van der Waals surface area contributed by atoms with Gasteiger partial charge in [-0.2, -0.15) is 0 Å². The van der Waals surface area contributed by atoms with E-state index < -0.39 is 6.04 Å². The summed E-state index contributed by atoms with van der Waals surface area (Å²) in [4.78, 5) is 22.1. The van der Waals surface area contributed by atoms with Crippen LogP contribution in [-0.2, 0) is 9.59 Å². The van der Waals surface area contributed by atoms with Crippen molar-refractivity contribution in [3.05, 3.63) is 0 Å². The van der Waals surface area contributed by atoms with Crippen LogP contribution in [0, 0.1) is 5.92 Å². The van der Waals surface area contributed by atoms with Crippen molar-refractivity contribution in [1.29, 1.82) is 0 Å². The second-order valence-corrected chi connectivity index (χ2v) is 3.59. The molecule has 1 fully saturated rings. The van der Waals surface area contributed by atoms with Crippen LogP contribution in [0.5, 0.6) is 0 Å². The molecule has 1 aliphatic rings. The molecule has 0 bridgehead atoms. The van der Waals surface area contributed by atoms with Crippen LogP contribution in [0.2, 0.25) is 0 Å². The van der Waals surface area contributed by atoms with E-state index in [9.17, 15) is 9.59 Å². The number of carbonyl (C=O) groups excluding carboxylic acids is 2. The predicted molar refractivity (Wildman–Crippen MR) is 47.5 cm³/mol. The van der Waals surface area contributed by atoms with Crippen molar-refractivity contribution < 1.29 is 9.59 Å². The van der Waals surface area contributed by atoms with Gasteiger partial charge in [-0.25, -0.2) is 5.43 Å². The summed E-state index contributed by atoms with van der Waals surface area (Å²) in [6.07, 6.45) is 0.226. The van der Waals surface area contributed by atoms with Crippen LogP contribution >= 0.6 is 0 Å². The Hall–Kier alpha value is -1.10. The summed E-state index contributed by atoms with van der Waals surface area (Å²) in [5, 5.41) is 2.75. The summed E-state index contributed by atoms with van der Waals surface area (Å²) in [6, 6.07) is -0.411. The lowest BCUT2D eigenvalue weighted by Crippen LogP contribution is -2.44. The third kappa shape index (κ3) is 3.02. The molecule has 1 unspecified atom stereocenters. The fourth-order valence-electron chi connectivity index (χ4n) is 1.04. The molecule has 0 saturated carbocycles. The Balaban J connectivity index is 2.27. The molecule has 0 spiro atoms. The smallest absolute Gasteiger partial charge is 0.239 e. The van der Waals surface area contributed by atoms with E-state index in [0.717, 1.165) is 0 Å². The number of hydrazine groups is 1. The molecule has 0 radical (unpaired) electrons. The van der Waals surface area contributed by atoms with E-state index in [-0.39, 0.29) is 18.2 Å². The van der Waals surface area contributed by atoms with Crippen LogP contribution in [0.15, 0.2) is 0 Å². The first-order valence-electron chi connectivity index (χ1n) is 4.41. The molecule has 3 N–H and O–H groups in total. The average Bonchev–Trinajstić information content (AvgIpc) is 2.47. The minimum atomic E-state index is -0.411. The topological polar surface area (TPSA) is 70.2 Å². The summed E-state index contributed by atoms with van der Waals surface area (Å²) in [5.41, 5.74) is 5.01. The Kier molecular flexibility index (Phi) is 3.25. The molecule has 2 amide bonds. The van der Waals surface area contributed by atoms with Crippen molar-refractivity contribution in [3.63, 3.8) is 0 Å². The molecule has 1 heterocycles. The van der Waals surface area contributed by atoms with Crippen LogP contribution in [0.4, 0.5) is 0 Å². The zero-order valence-corrected chi connectivity index (χ0v) is 7.89. The van der Waals surface area contributed by atoms with Crippen LogP contribution in [-0.4, -0.2) is 24.4 Å². The number of rotatable bonds is 3. The highest BCUT2D eigenvalue weighted by atomic mass is 16.2. The van der Waals surface area contributed by atoms with Gasteiger partial charge in [-0.15, -0.1) is 0 Å². The molecular weight excluding hydrogens is 170 g/mol. The summed E-state index contributed by atoms with van der Waals surface area (Å²) < 4.78 is 0. The Morgan fingerprint density at radius 2 is 2.38 bits per heavy atom. The van der Waals surface area contributed by atoms with E-state index in [2.05, 4.69) is 16.2 Å². The molecule has 0 aromatic carbocycles. The number of nitrogens with one attached hydrogen (secondary N) is 3. The molecule has 1 aliphatic heterocycles. The monoisotopic (exact) mass is 185 g/mol. The molecule has 1 atom stereocenters. The van der Waals surface area contributed by atoms with Crippen molar-refractivity contribution in [2.24, 2.45) is 5.92 Å². The number of hydrogen-bond donors (Lipinski definition) is 3. The maximum absolute atomic E-state index is 11.3. The summed E-state index contributed by atoms with van der Waals surface area (Å²) >= 11 is 0. The quantitative estimate of drug-likeness (QED) is 0.536. The van der Waals surface area contributed by atoms with E-state index in [4.69, 9.17) is 0 Å². The predicted octanol–water partition coefficient (Wildman–Crippen LogP) is -0.848. The second-order valence-electron chi connectivity index (χ2n) is 3.59. The Labute approximate surface area is 77.2 Å². The van der Waals surface area contributed by atoms with Gasteiger partial charge in [0.15, 0.2) is 0 Å². The van der Waals surface area contributed by atoms with Gasteiger partial charge < -0.3 is 5.32 Å². The van der Waals surface area contributed by atoms with Gasteiger partial charge in [0.25, 0.3) is 0 Å². The SMILES string of the molecule is CC(C)CNC(=O)C1CC(=O)NN1. The maximum Gasteiger partial charge on any atom is 0.239 e. The highest BCUT2D eigenvalue weighted by Crippen LogP contribution is 1.98. The van der Waals surface area contributed by atoms with Crippen molar-refractivity contribution in [1.82, 2.24) is 16.2 Å². The minimum Gasteiger partial charge on any atom is -0.354 e. The third-order valence-electron chi connectivity index (χ3n) is 1.78. The molecule has 5 heteroatoms. The van der Waals surface area contributed by atoms with Gasteiger partial charge in [0, 0.05) is 6.54 Å². The minimum absolute atomic E-state index is 0.118. The number of carbonyl (C=O) groups is 2. The summed E-state index contributed by atoms with van der Waals surface area (Å²) in [6.45, 7) is 4.68. The fraction of sp³-hybridized carbons (Fsp3) is 0.750. The molecule has 5 nitrogen and oxygen atoms in total. The van der Waals surface area contributed by atoms with Crippen molar-refractivity contribution in [2.75, 3.05) is 6.54 Å². The lowest BCUT2D eigenvalue weighted by atomic mass is 10.2. The van der Waals surface area contributed by atoms with Gasteiger partial charge in [-0.1, -0.05) is 13.8 Å². The molecule has 1 saturated heterocycles. The molecule has 0 aromatic rings. The largest absolute Gasteiger partial charge is 0.354 e. The van der Waals surface area contributed by atoms with E-state index in [1.165, 1.54) is 0 Å². The van der Waals surface area contributed by atoms with Gasteiger partial charge in [0.05, 0.1) is 6.42 Å². The van der Waals surface area contributed by atoms with Crippen LogP contribution in [0.3, 0.4) is 0 Å². The highest BCUT2D eigenvalue weighted by molar-refractivity contribution is 5.90. The van der Waals surface area contributed by atoms with Crippen LogP contribution in [0.1, 0.15) is 20.3 Å². The van der Waals surface area contributed by atoms with Gasteiger partial charge in [0.1, 0.15) is 6.04 Å². The standard InChI is InChI=1S/C8H15N3O2/c1-5(2)4-9-8(13)6-3-7(12)11-10-6/h5-6,10H,3-4H2,1-2H3,(H,9,13)(H,11,12). The third-order valence-corrected chi connectivity index (χ3v) is 1.78. The van der Waals surface area contributed by atoms with Crippen molar-refractivity contribution in [2.45, 2.75) is 26.3 Å². The molecule has 74 valence electrons. The highest BCUT2D eigenvalue weighted by Gasteiger charge is 2.27. The molecule has 1 rings (SSSR count). The Morgan fingerprint density at radius 3 is 2.85 bits per heavy atom.